The Hall–Kier alpha value is -1.10. The SMILES string of the molecule is NCCN1CC(=O)N2CCCC2C1=O. The van der Waals surface area contributed by atoms with Gasteiger partial charge < -0.3 is 15.5 Å². The lowest BCUT2D eigenvalue weighted by molar-refractivity contribution is -0.153. The molecule has 0 aromatic carbocycles. The van der Waals surface area contributed by atoms with Crippen molar-refractivity contribution in [3.8, 4) is 0 Å². The third-order valence-corrected chi connectivity index (χ3v) is 2.90. The number of nitrogens with two attached hydrogens (primary N) is 1. The fourth-order valence-corrected chi connectivity index (χ4v) is 2.21. The molecule has 0 aromatic heterocycles. The highest BCUT2D eigenvalue weighted by atomic mass is 16.2. The highest BCUT2D eigenvalue weighted by Crippen LogP contribution is 2.23. The van der Waals surface area contributed by atoms with Gasteiger partial charge in [-0.2, -0.15) is 0 Å². The molecule has 0 spiro atoms. The minimum atomic E-state index is -0.192. The fourth-order valence-electron chi connectivity index (χ4n) is 2.21. The standard InChI is InChI=1S/C9H15N3O2/c10-3-5-11-6-8(13)12-4-1-2-7(12)9(11)14/h7H,1-6,10H2. The van der Waals surface area contributed by atoms with E-state index in [1.54, 1.807) is 9.80 Å². The van der Waals surface area contributed by atoms with Crippen LogP contribution in [0.2, 0.25) is 0 Å². The summed E-state index contributed by atoms with van der Waals surface area (Å²) in [7, 11) is 0. The van der Waals surface area contributed by atoms with Crippen molar-refractivity contribution in [2.45, 2.75) is 18.9 Å². The lowest BCUT2D eigenvalue weighted by atomic mass is 10.1. The fraction of sp³-hybridized carbons (Fsp3) is 0.778. The van der Waals surface area contributed by atoms with Gasteiger partial charge in [-0.15, -0.1) is 0 Å². The van der Waals surface area contributed by atoms with E-state index < -0.39 is 0 Å². The van der Waals surface area contributed by atoms with Gasteiger partial charge in [-0.1, -0.05) is 0 Å². The van der Waals surface area contributed by atoms with Gasteiger partial charge in [0.2, 0.25) is 11.8 Å². The van der Waals surface area contributed by atoms with Crippen LogP contribution in [0.3, 0.4) is 0 Å². The maximum Gasteiger partial charge on any atom is 0.245 e. The summed E-state index contributed by atoms with van der Waals surface area (Å²) in [5, 5.41) is 0. The molecule has 1 atom stereocenters. The second-order valence-corrected chi connectivity index (χ2v) is 3.79. The molecule has 1 unspecified atom stereocenters. The minimum absolute atomic E-state index is 0.0700. The number of hydrogen-bond donors (Lipinski definition) is 1. The van der Waals surface area contributed by atoms with Crippen LogP contribution in [0.5, 0.6) is 0 Å². The number of carbonyl (C=O) groups is 2. The molecule has 2 saturated heterocycles. The molecule has 5 heteroatoms. The Morgan fingerprint density at radius 3 is 2.93 bits per heavy atom. The first-order chi connectivity index (χ1) is 6.74. The Morgan fingerprint density at radius 2 is 2.21 bits per heavy atom. The lowest BCUT2D eigenvalue weighted by Gasteiger charge is -2.36. The van der Waals surface area contributed by atoms with Gasteiger partial charge in [-0.05, 0) is 12.8 Å². The number of carbonyl (C=O) groups excluding carboxylic acids is 2. The van der Waals surface area contributed by atoms with Crippen LogP contribution in [0, 0.1) is 0 Å². The third kappa shape index (κ3) is 1.37. The lowest BCUT2D eigenvalue weighted by Crippen LogP contribution is -2.58. The van der Waals surface area contributed by atoms with Gasteiger partial charge >= 0.3 is 0 Å². The average molecular weight is 197 g/mol. The molecule has 0 radical (unpaired) electrons. The van der Waals surface area contributed by atoms with Gasteiger partial charge in [0.1, 0.15) is 6.04 Å². The molecule has 2 aliphatic rings. The average Bonchev–Trinajstić information content (AvgIpc) is 2.63. The first-order valence-corrected chi connectivity index (χ1v) is 5.02. The number of amides is 2. The van der Waals surface area contributed by atoms with E-state index in [1.165, 1.54) is 0 Å². The van der Waals surface area contributed by atoms with Gasteiger partial charge in [-0.25, -0.2) is 0 Å². The molecule has 2 aliphatic heterocycles. The molecule has 2 fully saturated rings. The highest BCUT2D eigenvalue weighted by molar-refractivity contribution is 5.95. The molecule has 5 nitrogen and oxygen atoms in total. The predicted octanol–water partition coefficient (Wildman–Crippen LogP) is -1.22. The molecule has 0 saturated carbocycles. The Balaban J connectivity index is 2.12. The highest BCUT2D eigenvalue weighted by Gasteiger charge is 2.41. The summed E-state index contributed by atoms with van der Waals surface area (Å²) in [6.45, 7) is 1.87. The van der Waals surface area contributed by atoms with Gasteiger partial charge in [0.25, 0.3) is 0 Å². The quantitative estimate of drug-likeness (QED) is 0.603. The molecular weight excluding hydrogens is 182 g/mol. The summed E-state index contributed by atoms with van der Waals surface area (Å²) in [6.07, 6.45) is 1.75. The van der Waals surface area contributed by atoms with E-state index in [0.717, 1.165) is 19.4 Å². The summed E-state index contributed by atoms with van der Waals surface area (Å²) in [4.78, 5) is 26.7. The van der Waals surface area contributed by atoms with Crippen LogP contribution in [0.25, 0.3) is 0 Å². The summed E-state index contributed by atoms with van der Waals surface area (Å²) in [5.41, 5.74) is 5.39. The first-order valence-electron chi connectivity index (χ1n) is 5.02. The topological polar surface area (TPSA) is 66.6 Å². The Labute approximate surface area is 82.8 Å². The molecule has 2 amide bonds. The van der Waals surface area contributed by atoms with E-state index in [0.29, 0.717) is 13.1 Å². The first kappa shape index (κ1) is 9.45. The number of hydrogen-bond acceptors (Lipinski definition) is 3. The maximum atomic E-state index is 11.8. The molecule has 0 bridgehead atoms. The smallest absolute Gasteiger partial charge is 0.245 e. The molecule has 2 rings (SSSR count). The zero-order valence-electron chi connectivity index (χ0n) is 8.11. The molecule has 14 heavy (non-hydrogen) atoms. The van der Waals surface area contributed by atoms with Crippen molar-refractivity contribution in [2.24, 2.45) is 5.73 Å². The van der Waals surface area contributed by atoms with Crippen molar-refractivity contribution in [2.75, 3.05) is 26.2 Å². The summed E-state index contributed by atoms with van der Waals surface area (Å²) in [6, 6.07) is -0.192. The monoisotopic (exact) mass is 197 g/mol. The molecular formula is C9H15N3O2. The zero-order valence-corrected chi connectivity index (χ0v) is 8.11. The summed E-state index contributed by atoms with van der Waals surface area (Å²) >= 11 is 0. The van der Waals surface area contributed by atoms with Crippen LogP contribution < -0.4 is 5.73 Å². The van der Waals surface area contributed by atoms with Crippen molar-refractivity contribution in [1.29, 1.82) is 0 Å². The summed E-state index contributed by atoms with van der Waals surface area (Å²) in [5.74, 6) is 0.146. The Morgan fingerprint density at radius 1 is 1.43 bits per heavy atom. The molecule has 2 N–H and O–H groups in total. The minimum Gasteiger partial charge on any atom is -0.330 e. The van der Waals surface area contributed by atoms with Gasteiger partial charge in [0.05, 0.1) is 6.54 Å². The maximum absolute atomic E-state index is 11.8. The normalized spacial score (nSPS) is 27.1. The van der Waals surface area contributed by atoms with Crippen LogP contribution >= 0.6 is 0 Å². The van der Waals surface area contributed by atoms with Crippen molar-refractivity contribution in [1.82, 2.24) is 9.80 Å². The van der Waals surface area contributed by atoms with E-state index in [9.17, 15) is 9.59 Å². The molecule has 2 heterocycles. The van der Waals surface area contributed by atoms with Crippen molar-refractivity contribution in [3.05, 3.63) is 0 Å². The largest absolute Gasteiger partial charge is 0.330 e. The van der Waals surface area contributed by atoms with Crippen molar-refractivity contribution >= 4 is 11.8 Å². The number of fused-ring (bicyclic) bond motifs is 1. The molecule has 0 aliphatic carbocycles. The van der Waals surface area contributed by atoms with E-state index >= 15 is 0 Å². The van der Waals surface area contributed by atoms with Crippen LogP contribution in [-0.2, 0) is 9.59 Å². The van der Waals surface area contributed by atoms with Crippen LogP contribution in [0.1, 0.15) is 12.8 Å². The van der Waals surface area contributed by atoms with E-state index in [2.05, 4.69) is 0 Å². The molecule has 0 aromatic rings. The number of rotatable bonds is 2. The van der Waals surface area contributed by atoms with Crippen LogP contribution in [-0.4, -0.2) is 53.8 Å². The van der Waals surface area contributed by atoms with Crippen LogP contribution in [0.15, 0.2) is 0 Å². The van der Waals surface area contributed by atoms with Gasteiger partial charge in [-0.3, -0.25) is 9.59 Å². The summed E-state index contributed by atoms with van der Waals surface area (Å²) < 4.78 is 0. The van der Waals surface area contributed by atoms with Gasteiger partial charge in [0, 0.05) is 19.6 Å². The van der Waals surface area contributed by atoms with E-state index in [1.807, 2.05) is 0 Å². The van der Waals surface area contributed by atoms with Gasteiger partial charge in [0.15, 0.2) is 0 Å². The number of nitrogens with zero attached hydrogens (tertiary/aromatic N) is 2. The Bertz CT molecular complexity index is 267. The van der Waals surface area contributed by atoms with E-state index in [-0.39, 0.29) is 24.4 Å². The zero-order chi connectivity index (χ0) is 10.1. The van der Waals surface area contributed by atoms with Crippen LogP contribution in [0.4, 0.5) is 0 Å². The van der Waals surface area contributed by atoms with Crippen molar-refractivity contribution in [3.63, 3.8) is 0 Å². The number of piperazine rings is 1. The van der Waals surface area contributed by atoms with Crippen molar-refractivity contribution < 1.29 is 9.59 Å². The molecule has 78 valence electrons. The third-order valence-electron chi connectivity index (χ3n) is 2.90. The Kier molecular flexibility index (Phi) is 2.41. The predicted molar refractivity (Wildman–Crippen MR) is 50.4 cm³/mol. The van der Waals surface area contributed by atoms with E-state index in [4.69, 9.17) is 5.73 Å². The second kappa shape index (κ2) is 3.57. The second-order valence-electron chi connectivity index (χ2n) is 3.79.